The van der Waals surface area contributed by atoms with Gasteiger partial charge in [-0.15, -0.1) is 0 Å². The van der Waals surface area contributed by atoms with Crippen LogP contribution in [0.2, 0.25) is 0 Å². The lowest BCUT2D eigenvalue weighted by Gasteiger charge is -2.24. The van der Waals surface area contributed by atoms with E-state index in [1.165, 1.54) is 10.5 Å². The summed E-state index contributed by atoms with van der Waals surface area (Å²) in [6, 6.07) is 19.6. The number of nitrogens with zero attached hydrogens (tertiary/aromatic N) is 2. The molecule has 3 atom stereocenters. The summed E-state index contributed by atoms with van der Waals surface area (Å²) in [5.74, 6) is -0.106. The summed E-state index contributed by atoms with van der Waals surface area (Å²) in [5, 5.41) is 0. The zero-order valence-electron chi connectivity index (χ0n) is 15.5. The summed E-state index contributed by atoms with van der Waals surface area (Å²) < 4.78 is 5.22. The molecule has 2 amide bonds. The second kappa shape index (κ2) is 7.53. The number of benzene rings is 2. The molecule has 4 rings (SSSR count). The van der Waals surface area contributed by atoms with Gasteiger partial charge in [-0.05, 0) is 17.0 Å². The van der Waals surface area contributed by atoms with Gasteiger partial charge in [0.05, 0.1) is 5.92 Å². The highest BCUT2D eigenvalue weighted by Gasteiger charge is 2.45. The van der Waals surface area contributed by atoms with Gasteiger partial charge in [-0.25, -0.2) is 9.69 Å². The predicted molar refractivity (Wildman–Crippen MR) is 102 cm³/mol. The lowest BCUT2D eigenvalue weighted by Crippen LogP contribution is -2.41. The Bertz CT molecular complexity index is 809. The van der Waals surface area contributed by atoms with Crippen molar-refractivity contribution in [2.24, 2.45) is 11.8 Å². The first-order valence-corrected chi connectivity index (χ1v) is 9.44. The Morgan fingerprint density at radius 3 is 2.41 bits per heavy atom. The molecule has 2 aromatic carbocycles. The number of carbonyl (C=O) groups is 2. The average Bonchev–Trinajstić information content (AvgIpc) is 3.25. The Labute approximate surface area is 159 Å². The van der Waals surface area contributed by atoms with E-state index in [2.05, 4.69) is 24.0 Å². The summed E-state index contributed by atoms with van der Waals surface area (Å²) in [5.41, 5.74) is 2.17. The smallest absolute Gasteiger partial charge is 0.417 e. The van der Waals surface area contributed by atoms with Crippen LogP contribution in [0, 0.1) is 11.8 Å². The third-order valence-corrected chi connectivity index (χ3v) is 5.55. The van der Waals surface area contributed by atoms with Crippen molar-refractivity contribution >= 4 is 12.0 Å². The molecular weight excluding hydrogens is 340 g/mol. The molecule has 2 heterocycles. The van der Waals surface area contributed by atoms with Crippen LogP contribution in [0.4, 0.5) is 4.79 Å². The van der Waals surface area contributed by atoms with Crippen molar-refractivity contribution in [3.8, 4) is 0 Å². The van der Waals surface area contributed by atoms with Crippen LogP contribution in [0.5, 0.6) is 0 Å². The Kier molecular flexibility index (Phi) is 4.94. The first kappa shape index (κ1) is 17.7. The van der Waals surface area contributed by atoms with Crippen LogP contribution in [-0.4, -0.2) is 41.5 Å². The van der Waals surface area contributed by atoms with Crippen molar-refractivity contribution in [2.45, 2.75) is 19.5 Å². The van der Waals surface area contributed by atoms with Crippen LogP contribution < -0.4 is 0 Å². The third kappa shape index (κ3) is 3.60. The molecule has 2 aliphatic heterocycles. The molecular formula is C22H24N2O3. The minimum atomic E-state index is -0.525. The van der Waals surface area contributed by atoms with Gasteiger partial charge in [0.15, 0.2) is 0 Å². The van der Waals surface area contributed by atoms with Gasteiger partial charge < -0.3 is 4.74 Å². The normalized spacial score (nSPS) is 25.6. The molecule has 5 heteroatoms. The van der Waals surface area contributed by atoms with E-state index in [1.54, 1.807) is 0 Å². The van der Waals surface area contributed by atoms with Crippen LogP contribution in [0.3, 0.4) is 0 Å². The fourth-order valence-electron chi connectivity index (χ4n) is 4.12. The Balaban J connectivity index is 1.49. The molecule has 2 saturated heterocycles. The van der Waals surface area contributed by atoms with E-state index in [1.807, 2.05) is 48.5 Å². The molecule has 0 unspecified atom stereocenters. The van der Waals surface area contributed by atoms with E-state index < -0.39 is 6.09 Å². The summed E-state index contributed by atoms with van der Waals surface area (Å²) in [4.78, 5) is 29.2. The number of rotatable bonds is 4. The van der Waals surface area contributed by atoms with Crippen LogP contribution in [0.15, 0.2) is 60.7 Å². The van der Waals surface area contributed by atoms with Crippen molar-refractivity contribution < 1.29 is 14.3 Å². The van der Waals surface area contributed by atoms with Crippen molar-refractivity contribution in [3.63, 3.8) is 0 Å². The van der Waals surface area contributed by atoms with Crippen LogP contribution in [0.25, 0.3) is 0 Å². The fraction of sp³-hybridized carbons (Fsp3) is 0.364. The molecule has 27 heavy (non-hydrogen) atoms. The molecule has 5 nitrogen and oxygen atoms in total. The van der Waals surface area contributed by atoms with Crippen molar-refractivity contribution in [1.29, 1.82) is 0 Å². The molecule has 0 aliphatic carbocycles. The number of imide groups is 1. The molecule has 0 N–H and O–H groups in total. The van der Waals surface area contributed by atoms with Gasteiger partial charge in [0.25, 0.3) is 0 Å². The standard InChI is InChI=1S/C22H24N2O3/c1-16-12-23(13-17-8-4-2-5-9-17)14-19(16)21(25)24-20(15-27-22(24)26)18-10-6-3-7-11-18/h2-11,16,19-20H,12-15H2,1H3/t16-,19-,20-/m0/s1. The average molecular weight is 364 g/mol. The highest BCUT2D eigenvalue weighted by atomic mass is 16.6. The van der Waals surface area contributed by atoms with Crippen LogP contribution >= 0.6 is 0 Å². The minimum Gasteiger partial charge on any atom is -0.446 e. The molecule has 0 radical (unpaired) electrons. The van der Waals surface area contributed by atoms with Gasteiger partial charge in [-0.1, -0.05) is 67.6 Å². The Morgan fingerprint density at radius 2 is 1.70 bits per heavy atom. The largest absolute Gasteiger partial charge is 0.446 e. The van der Waals surface area contributed by atoms with Gasteiger partial charge in [0.1, 0.15) is 12.6 Å². The first-order valence-electron chi connectivity index (χ1n) is 9.44. The monoisotopic (exact) mass is 364 g/mol. The third-order valence-electron chi connectivity index (χ3n) is 5.55. The van der Waals surface area contributed by atoms with Crippen molar-refractivity contribution in [1.82, 2.24) is 9.80 Å². The SMILES string of the molecule is C[C@H]1CN(Cc2ccccc2)C[C@@H]1C(=O)N1C(=O)OC[C@H]1c1ccccc1. The number of ether oxygens (including phenoxy) is 1. The second-order valence-corrected chi connectivity index (χ2v) is 7.48. The van der Waals surface area contributed by atoms with Gasteiger partial charge in [-0.3, -0.25) is 9.69 Å². The van der Waals surface area contributed by atoms with Gasteiger partial charge in [0, 0.05) is 19.6 Å². The van der Waals surface area contributed by atoms with E-state index in [9.17, 15) is 9.59 Å². The summed E-state index contributed by atoms with van der Waals surface area (Å²) in [6.07, 6.45) is -0.525. The summed E-state index contributed by atoms with van der Waals surface area (Å²) in [7, 11) is 0. The molecule has 0 saturated carbocycles. The van der Waals surface area contributed by atoms with Gasteiger partial charge >= 0.3 is 6.09 Å². The molecule has 0 bridgehead atoms. The van der Waals surface area contributed by atoms with E-state index >= 15 is 0 Å². The van der Waals surface area contributed by atoms with E-state index in [0.29, 0.717) is 6.54 Å². The predicted octanol–water partition coefficient (Wildman–Crippen LogP) is 3.47. The highest BCUT2D eigenvalue weighted by Crippen LogP contribution is 2.33. The highest BCUT2D eigenvalue weighted by molar-refractivity contribution is 5.95. The molecule has 2 aliphatic rings. The number of amides is 2. The van der Waals surface area contributed by atoms with Crippen molar-refractivity contribution in [3.05, 3.63) is 71.8 Å². The minimum absolute atomic E-state index is 0.116. The molecule has 140 valence electrons. The first-order chi connectivity index (χ1) is 13.1. The number of cyclic esters (lactones) is 1. The topological polar surface area (TPSA) is 49.9 Å². The maximum absolute atomic E-state index is 13.2. The van der Waals surface area contributed by atoms with E-state index in [4.69, 9.17) is 4.74 Å². The number of carbonyl (C=O) groups excluding carboxylic acids is 2. The zero-order chi connectivity index (χ0) is 18.8. The lowest BCUT2D eigenvalue weighted by molar-refractivity contribution is -0.134. The number of likely N-dealkylation sites (tertiary alicyclic amines) is 1. The summed E-state index contributed by atoms with van der Waals surface area (Å²) in [6.45, 7) is 4.65. The van der Waals surface area contributed by atoms with Gasteiger partial charge in [0.2, 0.25) is 5.91 Å². The zero-order valence-corrected chi connectivity index (χ0v) is 15.5. The number of hydrogen-bond donors (Lipinski definition) is 0. The van der Waals surface area contributed by atoms with Gasteiger partial charge in [-0.2, -0.15) is 0 Å². The van der Waals surface area contributed by atoms with Crippen LogP contribution in [-0.2, 0) is 16.1 Å². The molecule has 0 spiro atoms. The van der Waals surface area contributed by atoms with E-state index in [0.717, 1.165) is 18.7 Å². The second-order valence-electron chi connectivity index (χ2n) is 7.48. The van der Waals surface area contributed by atoms with Crippen molar-refractivity contribution in [2.75, 3.05) is 19.7 Å². The number of hydrogen-bond acceptors (Lipinski definition) is 4. The lowest BCUT2D eigenvalue weighted by atomic mass is 9.95. The maximum Gasteiger partial charge on any atom is 0.417 e. The molecule has 2 fully saturated rings. The molecule has 0 aromatic heterocycles. The fourth-order valence-corrected chi connectivity index (χ4v) is 4.12. The summed E-state index contributed by atoms with van der Waals surface area (Å²) >= 11 is 0. The quantitative estimate of drug-likeness (QED) is 0.833. The Hall–Kier alpha value is -2.66. The molecule has 2 aromatic rings. The Morgan fingerprint density at radius 1 is 1.04 bits per heavy atom. The van der Waals surface area contributed by atoms with E-state index in [-0.39, 0.29) is 30.4 Å². The van der Waals surface area contributed by atoms with Crippen LogP contribution in [0.1, 0.15) is 24.1 Å². The maximum atomic E-state index is 13.2.